The lowest BCUT2D eigenvalue weighted by molar-refractivity contribution is -0.164. The Morgan fingerprint density at radius 1 is 1.10 bits per heavy atom. The zero-order chi connectivity index (χ0) is 22.3. The van der Waals surface area contributed by atoms with Crippen molar-refractivity contribution in [2.24, 2.45) is 5.10 Å². The number of pyridine rings is 1. The van der Waals surface area contributed by atoms with Gasteiger partial charge in [-0.2, -0.15) is 10.1 Å². The largest absolute Gasteiger partial charge is 0.364 e. The number of alkyl halides is 4. The number of rotatable bonds is 4. The van der Waals surface area contributed by atoms with Gasteiger partial charge < -0.3 is 5.11 Å². The van der Waals surface area contributed by atoms with Crippen LogP contribution in [-0.4, -0.2) is 45.3 Å². The molecule has 1 N–H and O–H groups in total. The zero-order valence-electron chi connectivity index (χ0n) is 16.3. The molecule has 31 heavy (non-hydrogen) atoms. The van der Waals surface area contributed by atoms with Crippen molar-refractivity contribution in [1.29, 1.82) is 0 Å². The summed E-state index contributed by atoms with van der Waals surface area (Å²) >= 11 is 0. The van der Waals surface area contributed by atoms with Crippen LogP contribution in [0.25, 0.3) is 22.2 Å². The predicted molar refractivity (Wildman–Crippen MR) is 107 cm³/mol. The molecule has 2 aromatic carbocycles. The molecule has 1 aliphatic rings. The van der Waals surface area contributed by atoms with E-state index >= 15 is 0 Å². The van der Waals surface area contributed by atoms with Gasteiger partial charge >= 0.3 is 0 Å². The maximum Gasteiger partial charge on any atom is 0.287 e. The number of hydrogen-bond acceptors (Lipinski definition) is 4. The van der Waals surface area contributed by atoms with Gasteiger partial charge in [0, 0.05) is 17.4 Å². The fourth-order valence-corrected chi connectivity index (χ4v) is 3.57. The van der Waals surface area contributed by atoms with Crippen LogP contribution in [0.4, 0.5) is 17.6 Å². The van der Waals surface area contributed by atoms with Crippen LogP contribution in [0.1, 0.15) is 22.3 Å². The average Bonchev–Trinajstić information content (AvgIpc) is 3.12. The Morgan fingerprint density at radius 2 is 1.77 bits per heavy atom. The normalized spacial score (nSPS) is 18.8. The summed E-state index contributed by atoms with van der Waals surface area (Å²) < 4.78 is 53.5. The first-order valence-electron chi connectivity index (χ1n) is 9.39. The molecule has 1 aliphatic heterocycles. The zero-order valence-corrected chi connectivity index (χ0v) is 16.3. The SMILES string of the molecule is Cc1ccccc1-c1cc(C(=O)N2N=C(C(F)F)C[C@]2(O)C(F)F)c2ccccc2n1. The van der Waals surface area contributed by atoms with E-state index < -0.39 is 36.6 Å². The Labute approximate surface area is 174 Å². The van der Waals surface area contributed by atoms with E-state index in [4.69, 9.17) is 0 Å². The smallest absolute Gasteiger partial charge is 0.287 e. The number of amides is 1. The monoisotopic (exact) mass is 431 g/mol. The van der Waals surface area contributed by atoms with Crippen LogP contribution < -0.4 is 0 Å². The number of para-hydroxylation sites is 1. The molecule has 0 bridgehead atoms. The highest BCUT2D eigenvalue weighted by Crippen LogP contribution is 2.36. The summed E-state index contributed by atoms with van der Waals surface area (Å²) in [6, 6.07) is 15.2. The van der Waals surface area contributed by atoms with Crippen LogP contribution in [0, 0.1) is 6.92 Å². The predicted octanol–water partition coefficient (Wildman–Crippen LogP) is 4.63. The van der Waals surface area contributed by atoms with Gasteiger partial charge in [-0.25, -0.2) is 22.5 Å². The summed E-state index contributed by atoms with van der Waals surface area (Å²) in [6.45, 7) is 1.85. The number of aliphatic hydroxyl groups is 1. The minimum atomic E-state index is -3.50. The van der Waals surface area contributed by atoms with Gasteiger partial charge in [0.25, 0.3) is 18.8 Å². The second kappa shape index (κ2) is 7.73. The number of aryl methyl sites for hydroxylation is 1. The molecular formula is C22H17F4N3O2. The van der Waals surface area contributed by atoms with Gasteiger partial charge in [-0.1, -0.05) is 42.5 Å². The van der Waals surface area contributed by atoms with Gasteiger partial charge in [-0.05, 0) is 24.6 Å². The molecular weight excluding hydrogens is 414 g/mol. The van der Waals surface area contributed by atoms with Gasteiger partial charge in [0.05, 0.1) is 16.8 Å². The van der Waals surface area contributed by atoms with Crippen LogP contribution in [0.15, 0.2) is 59.7 Å². The van der Waals surface area contributed by atoms with Gasteiger partial charge in [0.2, 0.25) is 5.72 Å². The molecule has 4 rings (SSSR count). The number of benzene rings is 2. The van der Waals surface area contributed by atoms with Crippen molar-refractivity contribution < 1.29 is 27.5 Å². The average molecular weight is 431 g/mol. The van der Waals surface area contributed by atoms with E-state index in [-0.39, 0.29) is 10.6 Å². The van der Waals surface area contributed by atoms with Crippen LogP contribution in [0.3, 0.4) is 0 Å². The minimum absolute atomic E-state index is 0.0720. The first-order chi connectivity index (χ1) is 14.7. The first-order valence-corrected chi connectivity index (χ1v) is 9.39. The Kier molecular flexibility index (Phi) is 5.22. The number of hydrazone groups is 1. The van der Waals surface area contributed by atoms with E-state index in [1.54, 1.807) is 36.4 Å². The van der Waals surface area contributed by atoms with E-state index in [9.17, 15) is 27.5 Å². The second-order valence-electron chi connectivity index (χ2n) is 7.25. The van der Waals surface area contributed by atoms with Crippen molar-refractivity contribution in [2.45, 2.75) is 31.9 Å². The van der Waals surface area contributed by atoms with Gasteiger partial charge in [-0.15, -0.1) is 0 Å². The van der Waals surface area contributed by atoms with Crippen molar-refractivity contribution in [3.05, 3.63) is 65.7 Å². The van der Waals surface area contributed by atoms with Crippen molar-refractivity contribution in [2.75, 3.05) is 0 Å². The van der Waals surface area contributed by atoms with E-state index in [0.29, 0.717) is 22.2 Å². The Hall–Kier alpha value is -3.33. The number of halogens is 4. The highest BCUT2D eigenvalue weighted by atomic mass is 19.3. The lowest BCUT2D eigenvalue weighted by atomic mass is 10.00. The molecule has 0 spiro atoms. The van der Waals surface area contributed by atoms with Crippen molar-refractivity contribution in [3.8, 4) is 11.3 Å². The number of hydrogen-bond donors (Lipinski definition) is 1. The molecule has 0 unspecified atom stereocenters. The van der Waals surface area contributed by atoms with E-state index in [0.717, 1.165) is 5.56 Å². The van der Waals surface area contributed by atoms with E-state index in [2.05, 4.69) is 10.1 Å². The molecule has 5 nitrogen and oxygen atoms in total. The summed E-state index contributed by atoms with van der Waals surface area (Å²) in [5, 5.41) is 14.1. The maximum atomic E-state index is 13.6. The Balaban J connectivity index is 1.90. The molecule has 3 aromatic rings. The molecule has 0 aliphatic carbocycles. The lowest BCUT2D eigenvalue weighted by Gasteiger charge is -2.30. The van der Waals surface area contributed by atoms with E-state index in [1.807, 2.05) is 19.1 Å². The summed E-state index contributed by atoms with van der Waals surface area (Å²) in [5.41, 5.74) is -1.83. The first kappa shape index (κ1) is 20.9. The molecule has 1 aromatic heterocycles. The third-order valence-corrected chi connectivity index (χ3v) is 5.20. The minimum Gasteiger partial charge on any atom is -0.364 e. The van der Waals surface area contributed by atoms with Crippen molar-refractivity contribution >= 4 is 22.5 Å². The Bertz CT molecular complexity index is 1200. The summed E-state index contributed by atoms with van der Waals surface area (Å²) in [5.74, 6) is -1.12. The topological polar surface area (TPSA) is 65.8 Å². The second-order valence-corrected chi connectivity index (χ2v) is 7.25. The highest BCUT2D eigenvalue weighted by Gasteiger charge is 2.53. The molecule has 2 heterocycles. The molecule has 1 amide bonds. The number of nitrogens with zero attached hydrogens (tertiary/aromatic N) is 3. The lowest BCUT2D eigenvalue weighted by Crippen LogP contribution is -2.51. The highest BCUT2D eigenvalue weighted by molar-refractivity contribution is 6.08. The molecule has 0 saturated carbocycles. The van der Waals surface area contributed by atoms with Gasteiger partial charge in [0.15, 0.2) is 0 Å². The van der Waals surface area contributed by atoms with Gasteiger partial charge in [-0.3, -0.25) is 4.79 Å². The third kappa shape index (κ3) is 3.54. The molecule has 0 saturated heterocycles. The molecule has 0 radical (unpaired) electrons. The quantitative estimate of drug-likeness (QED) is 0.613. The number of carbonyl (C=O) groups excluding carboxylic acids is 1. The van der Waals surface area contributed by atoms with Crippen molar-refractivity contribution in [3.63, 3.8) is 0 Å². The van der Waals surface area contributed by atoms with Crippen LogP contribution in [0.5, 0.6) is 0 Å². The Morgan fingerprint density at radius 3 is 2.45 bits per heavy atom. The van der Waals surface area contributed by atoms with Crippen LogP contribution in [0.2, 0.25) is 0 Å². The van der Waals surface area contributed by atoms with E-state index in [1.165, 1.54) is 6.07 Å². The summed E-state index contributed by atoms with van der Waals surface area (Å²) in [7, 11) is 0. The number of carbonyl (C=O) groups is 1. The van der Waals surface area contributed by atoms with Gasteiger partial charge in [0.1, 0.15) is 5.71 Å². The molecule has 0 fully saturated rings. The molecule has 1 atom stereocenters. The molecule has 9 heteroatoms. The number of fused-ring (bicyclic) bond motifs is 1. The van der Waals surface area contributed by atoms with Crippen molar-refractivity contribution in [1.82, 2.24) is 9.99 Å². The summed E-state index contributed by atoms with van der Waals surface area (Å²) in [6.07, 6.45) is -7.82. The van der Waals surface area contributed by atoms with Crippen LogP contribution >= 0.6 is 0 Å². The third-order valence-electron chi connectivity index (χ3n) is 5.20. The summed E-state index contributed by atoms with van der Waals surface area (Å²) in [4.78, 5) is 17.8. The fraction of sp³-hybridized carbons (Fsp3) is 0.227. The fourth-order valence-electron chi connectivity index (χ4n) is 3.57. The molecule has 160 valence electrons. The van der Waals surface area contributed by atoms with Crippen LogP contribution in [-0.2, 0) is 0 Å². The standard InChI is InChI=1S/C22H17F4N3O2/c1-12-6-2-3-7-13(12)17-10-15(14-8-4-5-9-16(14)27-17)20(30)29-22(31,21(25)26)11-18(28-29)19(23)24/h2-10,19,21,31H,11H2,1H3/t22-/m0/s1. The number of aromatic nitrogens is 1. The maximum absolute atomic E-state index is 13.6.